The average molecular weight is 773 g/mol. The maximum Gasteiger partial charge on any atom is 0.338 e. The molecule has 5 atom stereocenters. The van der Waals surface area contributed by atoms with Crippen molar-refractivity contribution in [2.45, 2.75) is 56.6 Å². The van der Waals surface area contributed by atoms with Gasteiger partial charge in [0.2, 0.25) is 0 Å². The first-order valence-corrected chi connectivity index (χ1v) is 18.9. The lowest BCUT2D eigenvalue weighted by Gasteiger charge is -2.44. The summed E-state index contributed by atoms with van der Waals surface area (Å²) in [5.74, 6) is -2.96. The highest BCUT2D eigenvalue weighted by Gasteiger charge is 2.53. The zero-order chi connectivity index (χ0) is 39.7. The molecule has 5 aromatic rings. The molecule has 1 saturated heterocycles. The number of hydrogen-bond acceptors (Lipinski definition) is 11. The monoisotopic (exact) mass is 772 g/mol. The van der Waals surface area contributed by atoms with Crippen LogP contribution in [0.25, 0.3) is 0 Å². The molecule has 5 unspecified atom stereocenters. The molecular weight excluding hydrogens is 728 g/mol. The Morgan fingerprint density at radius 1 is 0.456 bits per heavy atom. The number of ether oxygens (including phenoxy) is 7. The van der Waals surface area contributed by atoms with Gasteiger partial charge in [-0.3, -0.25) is 0 Å². The SMILES string of the molecule is O=C(OCC1OC(OCCCCCOCc2ccccc2)C(OC(=O)c2ccccc2)C(OC(=O)c2ccccc2)C1OC(=O)c1ccccc1)c1ccccc1. The Bertz CT molecular complexity index is 1990. The van der Waals surface area contributed by atoms with Gasteiger partial charge in [-0.15, -0.1) is 0 Å². The molecule has 294 valence electrons. The third kappa shape index (κ3) is 11.9. The van der Waals surface area contributed by atoms with Gasteiger partial charge < -0.3 is 33.2 Å². The number of hydrogen-bond donors (Lipinski definition) is 0. The van der Waals surface area contributed by atoms with E-state index in [0.717, 1.165) is 18.4 Å². The van der Waals surface area contributed by atoms with Gasteiger partial charge in [0.1, 0.15) is 12.7 Å². The van der Waals surface area contributed by atoms with Crippen LogP contribution >= 0.6 is 0 Å². The smallest absolute Gasteiger partial charge is 0.338 e. The normalized spacial score (nSPS) is 18.8. The molecule has 0 amide bonds. The van der Waals surface area contributed by atoms with Gasteiger partial charge in [-0.1, -0.05) is 103 Å². The predicted molar refractivity (Wildman–Crippen MR) is 208 cm³/mol. The van der Waals surface area contributed by atoms with E-state index in [1.807, 2.05) is 30.3 Å². The minimum absolute atomic E-state index is 0.160. The third-order valence-corrected chi connectivity index (χ3v) is 9.06. The van der Waals surface area contributed by atoms with E-state index in [1.165, 1.54) is 0 Å². The fourth-order valence-electron chi connectivity index (χ4n) is 6.11. The van der Waals surface area contributed by atoms with Crippen LogP contribution in [0, 0.1) is 0 Å². The van der Waals surface area contributed by atoms with Crippen molar-refractivity contribution in [3.63, 3.8) is 0 Å². The summed E-state index contributed by atoms with van der Waals surface area (Å²) >= 11 is 0. The molecule has 1 aliphatic heterocycles. The first-order chi connectivity index (χ1) is 28.0. The molecule has 57 heavy (non-hydrogen) atoms. The quantitative estimate of drug-likeness (QED) is 0.0494. The van der Waals surface area contributed by atoms with Crippen molar-refractivity contribution in [1.82, 2.24) is 0 Å². The molecule has 0 radical (unpaired) electrons. The van der Waals surface area contributed by atoms with Crippen LogP contribution in [0.2, 0.25) is 0 Å². The lowest BCUT2D eigenvalue weighted by molar-refractivity contribution is -0.298. The van der Waals surface area contributed by atoms with E-state index in [4.69, 9.17) is 33.2 Å². The molecule has 0 aromatic heterocycles. The molecule has 0 bridgehead atoms. The van der Waals surface area contributed by atoms with E-state index >= 15 is 0 Å². The van der Waals surface area contributed by atoms with Gasteiger partial charge in [-0.05, 0) is 73.4 Å². The molecule has 0 saturated carbocycles. The summed E-state index contributed by atoms with van der Waals surface area (Å²) in [5.41, 5.74) is 1.99. The largest absolute Gasteiger partial charge is 0.459 e. The minimum Gasteiger partial charge on any atom is -0.459 e. The summed E-state index contributed by atoms with van der Waals surface area (Å²) in [6, 6.07) is 42.9. The van der Waals surface area contributed by atoms with Gasteiger partial charge in [-0.2, -0.15) is 0 Å². The summed E-state index contributed by atoms with van der Waals surface area (Å²) in [7, 11) is 0. The van der Waals surface area contributed by atoms with Crippen LogP contribution in [-0.2, 0) is 39.8 Å². The van der Waals surface area contributed by atoms with E-state index in [2.05, 4.69) is 0 Å². The number of rotatable bonds is 18. The minimum atomic E-state index is -1.48. The van der Waals surface area contributed by atoms with E-state index < -0.39 is 61.2 Å². The van der Waals surface area contributed by atoms with Crippen LogP contribution in [0.1, 0.15) is 66.3 Å². The first kappa shape index (κ1) is 40.5. The maximum atomic E-state index is 13.8. The number of carbonyl (C=O) groups is 4. The van der Waals surface area contributed by atoms with E-state index in [1.54, 1.807) is 121 Å². The zero-order valence-electron chi connectivity index (χ0n) is 31.3. The van der Waals surface area contributed by atoms with Gasteiger partial charge >= 0.3 is 23.9 Å². The molecule has 6 rings (SSSR count). The Morgan fingerprint density at radius 3 is 1.39 bits per heavy atom. The molecule has 11 heteroatoms. The van der Waals surface area contributed by atoms with Crippen molar-refractivity contribution in [2.24, 2.45) is 0 Å². The van der Waals surface area contributed by atoms with Gasteiger partial charge in [0.05, 0.1) is 28.9 Å². The predicted octanol–water partition coefficient (Wildman–Crippen LogP) is 7.65. The summed E-state index contributed by atoms with van der Waals surface area (Å²) in [6.07, 6.45) is -4.84. The topological polar surface area (TPSA) is 133 Å². The number of benzene rings is 5. The molecule has 5 aromatic carbocycles. The average Bonchev–Trinajstić information content (AvgIpc) is 3.27. The summed E-state index contributed by atoms with van der Waals surface area (Å²) < 4.78 is 42.5. The Kier molecular flexibility index (Phi) is 15.1. The fourth-order valence-corrected chi connectivity index (χ4v) is 6.11. The van der Waals surface area contributed by atoms with Crippen LogP contribution < -0.4 is 0 Å². The van der Waals surface area contributed by atoms with Crippen molar-refractivity contribution >= 4 is 23.9 Å². The summed E-state index contributed by atoms with van der Waals surface area (Å²) in [6.45, 7) is 0.787. The zero-order valence-corrected chi connectivity index (χ0v) is 31.3. The lowest BCUT2D eigenvalue weighted by Crippen LogP contribution is -2.63. The highest BCUT2D eigenvalue weighted by molar-refractivity contribution is 5.91. The number of carbonyl (C=O) groups excluding carboxylic acids is 4. The second-order valence-corrected chi connectivity index (χ2v) is 13.2. The second kappa shape index (κ2) is 21.2. The van der Waals surface area contributed by atoms with E-state index in [0.29, 0.717) is 19.6 Å². The molecule has 0 spiro atoms. The first-order valence-electron chi connectivity index (χ1n) is 18.9. The molecule has 1 fully saturated rings. The second-order valence-electron chi connectivity index (χ2n) is 13.2. The van der Waals surface area contributed by atoms with Crippen LogP contribution in [0.15, 0.2) is 152 Å². The van der Waals surface area contributed by atoms with Crippen molar-refractivity contribution in [3.05, 3.63) is 179 Å². The van der Waals surface area contributed by atoms with Crippen LogP contribution in [-0.4, -0.2) is 74.4 Å². The Balaban J connectivity index is 1.26. The van der Waals surface area contributed by atoms with E-state index in [9.17, 15) is 19.2 Å². The van der Waals surface area contributed by atoms with Crippen molar-refractivity contribution < 1.29 is 52.3 Å². The highest BCUT2D eigenvalue weighted by Crippen LogP contribution is 2.32. The Morgan fingerprint density at radius 2 is 0.877 bits per heavy atom. The number of unbranched alkanes of at least 4 members (excludes halogenated alkanes) is 2. The fraction of sp³-hybridized carbons (Fsp3) is 0.261. The van der Waals surface area contributed by atoms with Gasteiger partial charge in [0.15, 0.2) is 24.6 Å². The molecule has 0 aliphatic carbocycles. The Hall–Kier alpha value is -6.14. The van der Waals surface area contributed by atoms with Crippen LogP contribution in [0.3, 0.4) is 0 Å². The van der Waals surface area contributed by atoms with Crippen LogP contribution in [0.5, 0.6) is 0 Å². The highest BCUT2D eigenvalue weighted by atomic mass is 16.7. The van der Waals surface area contributed by atoms with Crippen molar-refractivity contribution in [1.29, 1.82) is 0 Å². The molecule has 1 heterocycles. The Labute approximate surface area is 331 Å². The van der Waals surface area contributed by atoms with Crippen molar-refractivity contribution in [3.8, 4) is 0 Å². The summed E-state index contributed by atoms with van der Waals surface area (Å²) in [4.78, 5) is 54.3. The van der Waals surface area contributed by atoms with Gasteiger partial charge in [0.25, 0.3) is 0 Å². The summed E-state index contributed by atoms with van der Waals surface area (Å²) in [5, 5.41) is 0. The number of esters is 4. The van der Waals surface area contributed by atoms with E-state index in [-0.39, 0.29) is 28.9 Å². The van der Waals surface area contributed by atoms with Crippen molar-refractivity contribution in [2.75, 3.05) is 19.8 Å². The molecule has 1 aliphatic rings. The molecule has 11 nitrogen and oxygen atoms in total. The van der Waals surface area contributed by atoms with Gasteiger partial charge in [-0.25, -0.2) is 19.2 Å². The van der Waals surface area contributed by atoms with Crippen LogP contribution in [0.4, 0.5) is 0 Å². The lowest BCUT2D eigenvalue weighted by atomic mass is 9.97. The van der Waals surface area contributed by atoms with Gasteiger partial charge in [0, 0.05) is 13.2 Å². The molecule has 0 N–H and O–H groups in total. The third-order valence-electron chi connectivity index (χ3n) is 9.06. The maximum absolute atomic E-state index is 13.8. The molecular formula is C46H44O11. The standard InChI is InChI=1S/C46H44O11/c47-42(34-21-9-2-10-22-34)53-32-38-39(55-43(48)35-23-11-3-12-24-35)40(56-44(49)36-25-13-4-14-26-36)41(57-45(50)37-27-15-5-16-28-37)46(54-38)52-30-18-6-17-29-51-31-33-19-7-1-8-20-33/h1-5,7-16,19-28,38-41,46H,6,17-18,29-32H2.